The molecule has 0 bridgehead atoms. The van der Waals surface area contributed by atoms with Gasteiger partial charge in [-0.25, -0.2) is 4.98 Å². The van der Waals surface area contributed by atoms with Crippen LogP contribution in [0, 0.1) is 0 Å². The van der Waals surface area contributed by atoms with Gasteiger partial charge in [-0.2, -0.15) is 0 Å². The Morgan fingerprint density at radius 3 is 2.74 bits per heavy atom. The zero-order valence-corrected chi connectivity index (χ0v) is 12.2. The van der Waals surface area contributed by atoms with Crippen molar-refractivity contribution in [2.24, 2.45) is 0 Å². The van der Waals surface area contributed by atoms with Gasteiger partial charge >= 0.3 is 0 Å². The van der Waals surface area contributed by atoms with Gasteiger partial charge in [-0.3, -0.25) is 0 Å². The van der Waals surface area contributed by atoms with E-state index in [9.17, 15) is 0 Å². The Balaban J connectivity index is 1.62. The smallest absolute Gasteiger partial charge is 0.108 e. The minimum absolute atomic E-state index is 0.358. The molecular formula is C15H20N2OS. The van der Waals surface area contributed by atoms with Gasteiger partial charge in [0.05, 0.1) is 22.4 Å². The summed E-state index contributed by atoms with van der Waals surface area (Å²) in [4.78, 5) is 4.66. The molecule has 1 saturated heterocycles. The van der Waals surface area contributed by atoms with Crippen LogP contribution in [0.5, 0.6) is 0 Å². The van der Waals surface area contributed by atoms with Gasteiger partial charge < -0.3 is 10.1 Å². The van der Waals surface area contributed by atoms with Gasteiger partial charge in [-0.15, -0.1) is 11.3 Å². The summed E-state index contributed by atoms with van der Waals surface area (Å²) in [5.41, 5.74) is 1.11. The monoisotopic (exact) mass is 276 g/mol. The highest BCUT2D eigenvalue weighted by Crippen LogP contribution is 2.23. The summed E-state index contributed by atoms with van der Waals surface area (Å²) in [6.07, 6.45) is 2.90. The van der Waals surface area contributed by atoms with E-state index in [2.05, 4.69) is 42.3 Å². The second-order valence-corrected chi connectivity index (χ2v) is 6.50. The number of ether oxygens (including phenoxy) is 1. The van der Waals surface area contributed by atoms with E-state index in [-0.39, 0.29) is 0 Å². The topological polar surface area (TPSA) is 34.2 Å². The molecule has 1 fully saturated rings. The lowest BCUT2D eigenvalue weighted by Gasteiger charge is -2.32. The van der Waals surface area contributed by atoms with Crippen molar-refractivity contribution in [2.75, 3.05) is 0 Å². The first-order valence-corrected chi connectivity index (χ1v) is 7.75. The Morgan fingerprint density at radius 2 is 2.00 bits per heavy atom. The third-order valence-electron chi connectivity index (χ3n) is 3.58. The van der Waals surface area contributed by atoms with Crippen LogP contribution >= 0.6 is 11.3 Å². The summed E-state index contributed by atoms with van der Waals surface area (Å²) in [7, 11) is 0. The number of thiazole rings is 1. The molecule has 2 heterocycles. The molecule has 0 saturated carbocycles. The third-order valence-corrected chi connectivity index (χ3v) is 4.61. The summed E-state index contributed by atoms with van der Waals surface area (Å²) in [6.45, 7) is 5.17. The Morgan fingerprint density at radius 1 is 1.26 bits per heavy atom. The summed E-state index contributed by atoms with van der Waals surface area (Å²) < 4.78 is 7.03. The third kappa shape index (κ3) is 3.14. The van der Waals surface area contributed by atoms with Gasteiger partial charge in [0.2, 0.25) is 0 Å². The maximum atomic E-state index is 5.76. The molecule has 0 amide bonds. The highest BCUT2D eigenvalue weighted by molar-refractivity contribution is 7.18. The van der Waals surface area contributed by atoms with E-state index in [1.165, 1.54) is 9.71 Å². The van der Waals surface area contributed by atoms with Crippen LogP contribution < -0.4 is 5.32 Å². The molecule has 1 N–H and O–H groups in total. The number of nitrogens with zero attached hydrogens (tertiary/aromatic N) is 1. The molecule has 0 radical (unpaired) electrons. The van der Waals surface area contributed by atoms with Crippen molar-refractivity contribution >= 4 is 21.6 Å². The molecule has 2 atom stereocenters. The molecule has 1 aromatic carbocycles. The number of nitrogens with one attached hydrogen (secondary N) is 1. The number of aromatic nitrogens is 1. The molecule has 1 aromatic heterocycles. The van der Waals surface area contributed by atoms with Crippen molar-refractivity contribution in [3.05, 3.63) is 29.3 Å². The van der Waals surface area contributed by atoms with E-state index in [0.29, 0.717) is 18.2 Å². The SMILES string of the molecule is CC1CC(NCc2nc3ccccc3s2)CC(C)O1. The number of rotatable bonds is 3. The van der Waals surface area contributed by atoms with Gasteiger partial charge in [0.25, 0.3) is 0 Å². The molecule has 3 nitrogen and oxygen atoms in total. The van der Waals surface area contributed by atoms with Crippen LogP contribution in [0.3, 0.4) is 0 Å². The Kier molecular flexibility index (Phi) is 3.82. The predicted octanol–water partition coefficient (Wildman–Crippen LogP) is 3.34. The minimum atomic E-state index is 0.358. The summed E-state index contributed by atoms with van der Waals surface area (Å²) in [5, 5.41) is 4.80. The highest BCUT2D eigenvalue weighted by Gasteiger charge is 2.24. The van der Waals surface area contributed by atoms with Crippen molar-refractivity contribution in [3.63, 3.8) is 0 Å². The van der Waals surface area contributed by atoms with Crippen LogP contribution in [0.1, 0.15) is 31.7 Å². The van der Waals surface area contributed by atoms with Gasteiger partial charge in [0, 0.05) is 12.6 Å². The van der Waals surface area contributed by atoms with E-state index in [0.717, 1.165) is 24.9 Å². The fraction of sp³-hybridized carbons (Fsp3) is 0.533. The molecule has 1 aliphatic heterocycles. The molecule has 2 unspecified atom stereocenters. The molecule has 0 spiro atoms. The van der Waals surface area contributed by atoms with E-state index >= 15 is 0 Å². The average molecular weight is 276 g/mol. The molecule has 19 heavy (non-hydrogen) atoms. The number of hydrogen-bond donors (Lipinski definition) is 1. The van der Waals surface area contributed by atoms with Crippen molar-refractivity contribution in [1.29, 1.82) is 0 Å². The van der Waals surface area contributed by atoms with Crippen LogP contribution in [0.4, 0.5) is 0 Å². The fourth-order valence-corrected chi connectivity index (χ4v) is 3.72. The average Bonchev–Trinajstić information content (AvgIpc) is 2.78. The first-order valence-electron chi connectivity index (χ1n) is 6.94. The van der Waals surface area contributed by atoms with Crippen LogP contribution in [-0.2, 0) is 11.3 Å². The summed E-state index contributed by atoms with van der Waals surface area (Å²) >= 11 is 1.78. The van der Waals surface area contributed by atoms with Crippen LogP contribution in [-0.4, -0.2) is 23.2 Å². The van der Waals surface area contributed by atoms with Crippen molar-refractivity contribution in [3.8, 4) is 0 Å². The lowest BCUT2D eigenvalue weighted by Crippen LogP contribution is -2.40. The largest absolute Gasteiger partial charge is 0.375 e. The number of para-hydroxylation sites is 1. The lowest BCUT2D eigenvalue weighted by molar-refractivity contribution is -0.0422. The standard InChI is InChI=1S/C15H20N2OS/c1-10-7-12(8-11(2)18-10)16-9-15-17-13-5-3-4-6-14(13)19-15/h3-6,10-12,16H,7-9H2,1-2H3. The molecule has 1 aliphatic rings. The zero-order chi connectivity index (χ0) is 13.2. The van der Waals surface area contributed by atoms with E-state index in [1.807, 2.05) is 6.07 Å². The van der Waals surface area contributed by atoms with Crippen LogP contribution in [0.25, 0.3) is 10.2 Å². The Labute approximate surface area is 118 Å². The highest BCUT2D eigenvalue weighted by atomic mass is 32.1. The van der Waals surface area contributed by atoms with Crippen molar-refractivity contribution in [1.82, 2.24) is 10.3 Å². The molecule has 0 aliphatic carbocycles. The maximum Gasteiger partial charge on any atom is 0.108 e. The molecule has 2 aromatic rings. The van der Waals surface area contributed by atoms with Gasteiger partial charge in [-0.1, -0.05) is 12.1 Å². The molecule has 4 heteroatoms. The lowest BCUT2D eigenvalue weighted by atomic mass is 10.00. The Hall–Kier alpha value is -0.970. The van der Waals surface area contributed by atoms with Gasteiger partial charge in [-0.05, 0) is 38.8 Å². The van der Waals surface area contributed by atoms with E-state index < -0.39 is 0 Å². The molecule has 3 rings (SSSR count). The quantitative estimate of drug-likeness (QED) is 0.933. The minimum Gasteiger partial charge on any atom is -0.375 e. The summed E-state index contributed by atoms with van der Waals surface area (Å²) in [5.74, 6) is 0. The number of fused-ring (bicyclic) bond motifs is 1. The van der Waals surface area contributed by atoms with E-state index in [4.69, 9.17) is 4.74 Å². The Bertz CT molecular complexity index is 511. The predicted molar refractivity (Wildman–Crippen MR) is 79.5 cm³/mol. The zero-order valence-electron chi connectivity index (χ0n) is 11.4. The van der Waals surface area contributed by atoms with Crippen LogP contribution in [0.15, 0.2) is 24.3 Å². The van der Waals surface area contributed by atoms with Gasteiger partial charge in [0.1, 0.15) is 5.01 Å². The summed E-state index contributed by atoms with van der Waals surface area (Å²) in [6, 6.07) is 8.87. The maximum absolute atomic E-state index is 5.76. The fourth-order valence-electron chi connectivity index (χ4n) is 2.80. The van der Waals surface area contributed by atoms with Crippen LogP contribution in [0.2, 0.25) is 0 Å². The van der Waals surface area contributed by atoms with E-state index in [1.54, 1.807) is 11.3 Å². The first-order chi connectivity index (χ1) is 9.20. The second-order valence-electron chi connectivity index (χ2n) is 5.38. The second kappa shape index (κ2) is 5.57. The number of hydrogen-bond acceptors (Lipinski definition) is 4. The molecule has 102 valence electrons. The van der Waals surface area contributed by atoms with Gasteiger partial charge in [0.15, 0.2) is 0 Å². The molecular weight excluding hydrogens is 256 g/mol. The normalized spacial score (nSPS) is 27.8. The van der Waals surface area contributed by atoms with Crippen molar-refractivity contribution in [2.45, 2.75) is 51.5 Å². The number of benzene rings is 1. The van der Waals surface area contributed by atoms with Crippen molar-refractivity contribution < 1.29 is 4.74 Å². The first kappa shape index (κ1) is 13.0.